The molecule has 1 aromatic heterocycles. The van der Waals surface area contributed by atoms with Gasteiger partial charge in [-0.1, -0.05) is 30.3 Å². The lowest BCUT2D eigenvalue weighted by molar-refractivity contribution is 0.233. The van der Waals surface area contributed by atoms with Crippen molar-refractivity contribution in [2.24, 2.45) is 9.98 Å². The van der Waals surface area contributed by atoms with E-state index in [4.69, 9.17) is 28.6 Å². The van der Waals surface area contributed by atoms with E-state index in [0.717, 1.165) is 68.2 Å². The van der Waals surface area contributed by atoms with Gasteiger partial charge in [-0.25, -0.2) is 9.98 Å². The van der Waals surface area contributed by atoms with Crippen LogP contribution in [0, 0.1) is 0 Å². The SMILES string of the molecule is COc1cc(N=C2CCCC(c3cc4c(o3)CCN(Cc3ccccc3)C4)=C(C)C=N2)cc(OC)c1OC. The van der Waals surface area contributed by atoms with Crippen molar-refractivity contribution >= 4 is 23.3 Å². The van der Waals surface area contributed by atoms with Crippen LogP contribution in [0.15, 0.2) is 68.5 Å². The monoisotopic (exact) mass is 513 g/mol. The standard InChI is InChI=1S/C31H35N3O4/c1-21-18-32-30(33-24-16-28(35-2)31(37-4)29(17-24)36-3)12-8-11-25(21)27-15-23-20-34(14-13-26(23)38-27)19-22-9-6-5-7-10-22/h5-7,9-10,15-18H,8,11-14,19-20H2,1-4H3. The Labute approximate surface area is 224 Å². The van der Waals surface area contributed by atoms with Gasteiger partial charge >= 0.3 is 0 Å². The van der Waals surface area contributed by atoms with Crippen LogP contribution in [0.2, 0.25) is 0 Å². The molecule has 0 N–H and O–H groups in total. The first-order valence-corrected chi connectivity index (χ1v) is 13.1. The number of hydrogen-bond acceptors (Lipinski definition) is 6. The molecule has 0 unspecified atom stereocenters. The number of hydrogen-bond donors (Lipinski definition) is 0. The van der Waals surface area contributed by atoms with Crippen LogP contribution in [-0.2, 0) is 19.5 Å². The molecule has 0 aliphatic carbocycles. The summed E-state index contributed by atoms with van der Waals surface area (Å²) >= 11 is 0. The third-order valence-corrected chi connectivity index (χ3v) is 7.11. The summed E-state index contributed by atoms with van der Waals surface area (Å²) in [6.45, 7) is 4.99. The highest BCUT2D eigenvalue weighted by molar-refractivity contribution is 6.00. The number of fused-ring (bicyclic) bond motifs is 1. The van der Waals surface area contributed by atoms with E-state index in [2.05, 4.69) is 48.2 Å². The van der Waals surface area contributed by atoms with Crippen molar-refractivity contribution in [2.45, 2.75) is 45.7 Å². The van der Waals surface area contributed by atoms with Gasteiger partial charge in [-0.15, -0.1) is 0 Å². The molecule has 3 heterocycles. The number of aliphatic imine (C=N–C) groups is 2. The average molecular weight is 514 g/mol. The first kappa shape index (κ1) is 25.8. The van der Waals surface area contributed by atoms with Crippen molar-refractivity contribution in [3.05, 3.63) is 76.8 Å². The summed E-state index contributed by atoms with van der Waals surface area (Å²) < 4.78 is 22.8. The Kier molecular flexibility index (Phi) is 7.94. The van der Waals surface area contributed by atoms with E-state index in [1.54, 1.807) is 21.3 Å². The predicted octanol–water partition coefficient (Wildman–Crippen LogP) is 6.62. The van der Waals surface area contributed by atoms with Crippen LogP contribution in [0.1, 0.15) is 48.8 Å². The van der Waals surface area contributed by atoms with Gasteiger partial charge in [0.2, 0.25) is 5.75 Å². The van der Waals surface area contributed by atoms with Crippen molar-refractivity contribution in [3.63, 3.8) is 0 Å². The lowest BCUT2D eigenvalue weighted by Crippen LogP contribution is -2.29. The highest BCUT2D eigenvalue weighted by Crippen LogP contribution is 2.41. The van der Waals surface area contributed by atoms with Crippen molar-refractivity contribution < 1.29 is 18.6 Å². The highest BCUT2D eigenvalue weighted by atomic mass is 16.5. The van der Waals surface area contributed by atoms with Crippen LogP contribution in [0.25, 0.3) is 5.57 Å². The van der Waals surface area contributed by atoms with Crippen LogP contribution in [0.5, 0.6) is 17.2 Å². The Balaban J connectivity index is 1.34. The molecule has 7 heteroatoms. The van der Waals surface area contributed by atoms with E-state index in [-0.39, 0.29) is 0 Å². The van der Waals surface area contributed by atoms with Gasteiger partial charge in [0.1, 0.15) is 17.4 Å². The van der Waals surface area contributed by atoms with Crippen LogP contribution in [0.3, 0.4) is 0 Å². The fraction of sp³-hybridized carbons (Fsp3) is 0.355. The number of benzene rings is 2. The molecule has 2 aromatic carbocycles. The molecule has 198 valence electrons. The number of furan rings is 1. The van der Waals surface area contributed by atoms with E-state index >= 15 is 0 Å². The van der Waals surface area contributed by atoms with Gasteiger partial charge in [0, 0.05) is 56.4 Å². The second-order valence-corrected chi connectivity index (χ2v) is 9.69. The molecule has 0 bridgehead atoms. The van der Waals surface area contributed by atoms with Gasteiger partial charge < -0.3 is 18.6 Å². The number of allylic oxidation sites excluding steroid dienone is 2. The molecule has 3 aromatic rings. The lowest BCUT2D eigenvalue weighted by atomic mass is 9.99. The van der Waals surface area contributed by atoms with E-state index in [9.17, 15) is 0 Å². The summed E-state index contributed by atoms with van der Waals surface area (Å²) in [4.78, 5) is 12.0. The van der Waals surface area contributed by atoms with Crippen molar-refractivity contribution in [1.82, 2.24) is 4.90 Å². The van der Waals surface area contributed by atoms with Crippen LogP contribution < -0.4 is 14.2 Å². The number of rotatable bonds is 7. The van der Waals surface area contributed by atoms with E-state index in [1.165, 1.54) is 16.7 Å². The Bertz CT molecular complexity index is 1350. The first-order valence-electron chi connectivity index (χ1n) is 13.1. The normalized spacial score (nSPS) is 17.2. The molecular formula is C31H35N3O4. The minimum atomic E-state index is 0.549. The fourth-order valence-corrected chi connectivity index (χ4v) is 5.13. The van der Waals surface area contributed by atoms with Crippen LogP contribution in [0.4, 0.5) is 5.69 Å². The third kappa shape index (κ3) is 5.68. The summed E-state index contributed by atoms with van der Waals surface area (Å²) in [5.41, 5.74) is 5.69. The molecular weight excluding hydrogens is 478 g/mol. The first-order chi connectivity index (χ1) is 18.6. The average Bonchev–Trinajstić information content (AvgIpc) is 3.35. The Morgan fingerprint density at radius 3 is 2.42 bits per heavy atom. The molecule has 0 radical (unpaired) electrons. The van der Waals surface area contributed by atoms with Gasteiger partial charge in [-0.2, -0.15) is 0 Å². The molecule has 0 atom stereocenters. The summed E-state index contributed by atoms with van der Waals surface area (Å²) in [7, 11) is 4.80. The van der Waals surface area contributed by atoms with Crippen molar-refractivity contribution in [2.75, 3.05) is 27.9 Å². The fourth-order valence-electron chi connectivity index (χ4n) is 5.13. The zero-order chi connectivity index (χ0) is 26.5. The second kappa shape index (κ2) is 11.7. The maximum Gasteiger partial charge on any atom is 0.203 e. The quantitative estimate of drug-likeness (QED) is 0.355. The molecule has 7 nitrogen and oxygen atoms in total. The van der Waals surface area contributed by atoms with E-state index in [0.29, 0.717) is 22.9 Å². The molecule has 0 spiro atoms. The van der Waals surface area contributed by atoms with Gasteiger partial charge in [0.15, 0.2) is 11.5 Å². The molecule has 0 fully saturated rings. The van der Waals surface area contributed by atoms with E-state index < -0.39 is 0 Å². The van der Waals surface area contributed by atoms with Gasteiger partial charge in [-0.3, -0.25) is 4.90 Å². The van der Waals surface area contributed by atoms with Gasteiger partial charge in [0.25, 0.3) is 0 Å². The molecule has 5 rings (SSSR count). The number of methoxy groups -OCH3 is 3. The molecule has 0 saturated heterocycles. The highest BCUT2D eigenvalue weighted by Gasteiger charge is 2.23. The minimum absolute atomic E-state index is 0.549. The van der Waals surface area contributed by atoms with Crippen molar-refractivity contribution in [3.8, 4) is 17.2 Å². The second-order valence-electron chi connectivity index (χ2n) is 9.69. The molecule has 2 aliphatic heterocycles. The topological polar surface area (TPSA) is 68.8 Å². The zero-order valence-electron chi connectivity index (χ0n) is 22.6. The minimum Gasteiger partial charge on any atom is -0.493 e. The third-order valence-electron chi connectivity index (χ3n) is 7.11. The van der Waals surface area contributed by atoms with Gasteiger partial charge in [-0.05, 0) is 42.5 Å². The predicted molar refractivity (Wildman–Crippen MR) is 151 cm³/mol. The summed E-state index contributed by atoms with van der Waals surface area (Å²) in [6.07, 6.45) is 5.45. The molecule has 38 heavy (non-hydrogen) atoms. The summed E-state index contributed by atoms with van der Waals surface area (Å²) in [6, 6.07) is 16.6. The van der Waals surface area contributed by atoms with Crippen LogP contribution in [-0.4, -0.2) is 44.8 Å². The van der Waals surface area contributed by atoms with Gasteiger partial charge in [0.05, 0.1) is 27.0 Å². The number of ether oxygens (including phenoxy) is 3. The van der Waals surface area contributed by atoms with Crippen molar-refractivity contribution in [1.29, 1.82) is 0 Å². The Morgan fingerprint density at radius 2 is 1.71 bits per heavy atom. The lowest BCUT2D eigenvalue weighted by Gasteiger charge is -2.25. The molecule has 2 aliphatic rings. The maximum absolute atomic E-state index is 6.39. The Morgan fingerprint density at radius 1 is 0.947 bits per heavy atom. The maximum atomic E-state index is 6.39. The summed E-state index contributed by atoms with van der Waals surface area (Å²) in [5.74, 6) is 4.56. The number of nitrogens with zero attached hydrogens (tertiary/aromatic N) is 3. The summed E-state index contributed by atoms with van der Waals surface area (Å²) in [5, 5.41) is 0. The smallest absolute Gasteiger partial charge is 0.203 e. The van der Waals surface area contributed by atoms with E-state index in [1.807, 2.05) is 18.3 Å². The largest absolute Gasteiger partial charge is 0.493 e. The Hall–Kier alpha value is -3.84. The zero-order valence-corrected chi connectivity index (χ0v) is 22.6. The molecule has 0 saturated carbocycles. The van der Waals surface area contributed by atoms with Crippen LogP contribution >= 0.6 is 0 Å². The number of amidine groups is 1. The molecule has 0 amide bonds.